The monoisotopic (exact) mass is 364 g/mol. The van der Waals surface area contributed by atoms with Crippen molar-refractivity contribution in [3.8, 4) is 0 Å². The third-order valence-corrected chi connectivity index (χ3v) is 4.84. The van der Waals surface area contributed by atoms with Crippen molar-refractivity contribution in [2.24, 2.45) is 0 Å². The number of sulfonamides is 1. The van der Waals surface area contributed by atoms with Gasteiger partial charge in [0.15, 0.2) is 0 Å². The molecule has 0 radical (unpaired) electrons. The van der Waals surface area contributed by atoms with Crippen molar-refractivity contribution >= 4 is 21.8 Å². The molecule has 0 amide bonds. The van der Waals surface area contributed by atoms with E-state index in [9.17, 15) is 8.42 Å². The van der Waals surface area contributed by atoms with Crippen LogP contribution in [-0.4, -0.2) is 13.4 Å². The van der Waals surface area contributed by atoms with E-state index in [-0.39, 0.29) is 0 Å². The van der Waals surface area contributed by atoms with E-state index < -0.39 is 10.0 Å². The quantitative estimate of drug-likeness (QED) is 0.681. The highest BCUT2D eigenvalue weighted by Gasteiger charge is 2.06. The minimum Gasteiger partial charge on any atom is -0.280 e. The van der Waals surface area contributed by atoms with Gasteiger partial charge in [-0.3, -0.25) is 9.71 Å². The van der Waals surface area contributed by atoms with Crippen molar-refractivity contribution < 1.29 is 8.42 Å². The first-order valence-electron chi connectivity index (χ1n) is 8.35. The maximum Gasteiger partial charge on any atom is 0.255 e. The number of anilines is 1. The highest BCUT2D eigenvalue weighted by Crippen LogP contribution is 2.15. The van der Waals surface area contributed by atoms with Crippen LogP contribution in [0.1, 0.15) is 16.8 Å². The topological polar surface area (TPSA) is 59.1 Å². The second-order valence-electron chi connectivity index (χ2n) is 5.88. The van der Waals surface area contributed by atoms with Gasteiger partial charge in [-0.1, -0.05) is 48.5 Å². The van der Waals surface area contributed by atoms with Gasteiger partial charge in [0.05, 0.1) is 5.41 Å². The molecule has 132 valence electrons. The molecule has 3 aromatic rings. The smallest absolute Gasteiger partial charge is 0.255 e. The molecule has 4 nitrogen and oxygen atoms in total. The Labute approximate surface area is 154 Å². The van der Waals surface area contributed by atoms with E-state index in [4.69, 9.17) is 0 Å². The van der Waals surface area contributed by atoms with Crippen LogP contribution in [0.5, 0.6) is 0 Å². The molecule has 0 aliphatic carbocycles. The first-order valence-corrected chi connectivity index (χ1v) is 9.90. The lowest BCUT2D eigenvalue weighted by Crippen LogP contribution is -2.09. The second kappa shape index (κ2) is 8.45. The molecule has 2 aromatic carbocycles. The number of aromatic nitrogens is 1. The Kier molecular flexibility index (Phi) is 5.81. The number of aryl methyl sites for hydroxylation is 2. The zero-order valence-corrected chi connectivity index (χ0v) is 15.1. The minimum absolute atomic E-state index is 0.557. The van der Waals surface area contributed by atoms with E-state index in [0.29, 0.717) is 5.69 Å². The van der Waals surface area contributed by atoms with E-state index in [2.05, 4.69) is 9.71 Å². The van der Waals surface area contributed by atoms with Gasteiger partial charge in [-0.05, 0) is 54.3 Å². The van der Waals surface area contributed by atoms with Crippen LogP contribution in [-0.2, 0) is 22.9 Å². The number of hydrogen-bond donors (Lipinski definition) is 1. The molecular formula is C21H20N2O2S. The third kappa shape index (κ3) is 5.57. The molecule has 0 atom stereocenters. The maximum absolute atomic E-state index is 12.3. The summed E-state index contributed by atoms with van der Waals surface area (Å²) in [5.74, 6) is 0. The lowest BCUT2D eigenvalue weighted by Gasteiger charge is -2.07. The van der Waals surface area contributed by atoms with Crippen LogP contribution in [0.2, 0.25) is 0 Å². The molecule has 0 fully saturated rings. The SMILES string of the molecule is O=S(=O)(C=Cc1ccccc1)Nc1cccc(CCc2ccccn2)c1. The van der Waals surface area contributed by atoms with Gasteiger partial charge in [0.25, 0.3) is 10.0 Å². The van der Waals surface area contributed by atoms with Crippen molar-refractivity contribution in [2.45, 2.75) is 12.8 Å². The van der Waals surface area contributed by atoms with Gasteiger partial charge in [0.2, 0.25) is 0 Å². The third-order valence-electron chi connectivity index (χ3n) is 3.82. The fraction of sp³-hybridized carbons (Fsp3) is 0.0952. The molecule has 0 saturated heterocycles. The van der Waals surface area contributed by atoms with Crippen LogP contribution in [0.3, 0.4) is 0 Å². The molecule has 3 rings (SSSR count). The molecule has 0 aliphatic heterocycles. The van der Waals surface area contributed by atoms with E-state index in [0.717, 1.165) is 29.7 Å². The molecule has 0 saturated carbocycles. The van der Waals surface area contributed by atoms with Gasteiger partial charge in [0, 0.05) is 17.6 Å². The summed E-state index contributed by atoms with van der Waals surface area (Å²) >= 11 is 0. The fourth-order valence-corrected chi connectivity index (χ4v) is 3.40. The normalized spacial score (nSPS) is 11.5. The van der Waals surface area contributed by atoms with Crippen molar-refractivity contribution in [1.29, 1.82) is 0 Å². The van der Waals surface area contributed by atoms with Crippen LogP contribution in [0.4, 0.5) is 5.69 Å². The van der Waals surface area contributed by atoms with Crippen LogP contribution in [0.25, 0.3) is 6.08 Å². The average Bonchev–Trinajstić information content (AvgIpc) is 2.67. The summed E-state index contributed by atoms with van der Waals surface area (Å²) in [6.45, 7) is 0. The molecule has 1 N–H and O–H groups in total. The second-order valence-corrected chi connectivity index (χ2v) is 7.45. The highest BCUT2D eigenvalue weighted by molar-refractivity contribution is 7.95. The summed E-state index contributed by atoms with van der Waals surface area (Å²) in [5, 5.41) is 1.18. The van der Waals surface area contributed by atoms with E-state index in [1.165, 1.54) is 5.41 Å². The van der Waals surface area contributed by atoms with Crippen LogP contribution in [0, 0.1) is 0 Å². The molecule has 5 heteroatoms. The lowest BCUT2D eigenvalue weighted by molar-refractivity contribution is 0.609. The van der Waals surface area contributed by atoms with Crippen molar-refractivity contribution in [2.75, 3.05) is 4.72 Å². The van der Waals surface area contributed by atoms with Crippen LogP contribution < -0.4 is 4.72 Å². The largest absolute Gasteiger partial charge is 0.280 e. The Bertz CT molecular complexity index is 969. The van der Waals surface area contributed by atoms with E-state index in [1.54, 1.807) is 18.3 Å². The molecule has 0 spiro atoms. The number of rotatable bonds is 7. The number of hydrogen-bond acceptors (Lipinski definition) is 3. The zero-order chi connectivity index (χ0) is 18.2. The Hall–Kier alpha value is -2.92. The van der Waals surface area contributed by atoms with Crippen LogP contribution >= 0.6 is 0 Å². The molecule has 0 bridgehead atoms. The Morgan fingerprint density at radius 3 is 2.46 bits per heavy atom. The summed E-state index contributed by atoms with van der Waals surface area (Å²) in [5.41, 5.74) is 3.47. The zero-order valence-electron chi connectivity index (χ0n) is 14.2. The van der Waals surface area contributed by atoms with Gasteiger partial charge in [0.1, 0.15) is 0 Å². The summed E-state index contributed by atoms with van der Waals surface area (Å²) < 4.78 is 27.1. The maximum atomic E-state index is 12.3. The average molecular weight is 364 g/mol. The Morgan fingerprint density at radius 2 is 1.69 bits per heavy atom. The van der Waals surface area contributed by atoms with Crippen molar-refractivity contribution in [1.82, 2.24) is 4.98 Å². The first kappa shape index (κ1) is 17.9. The van der Waals surface area contributed by atoms with E-state index >= 15 is 0 Å². The summed E-state index contributed by atoms with van der Waals surface area (Å²) in [4.78, 5) is 4.31. The Morgan fingerprint density at radius 1 is 0.885 bits per heavy atom. The lowest BCUT2D eigenvalue weighted by atomic mass is 10.1. The number of pyridine rings is 1. The molecular weight excluding hydrogens is 344 g/mol. The summed E-state index contributed by atoms with van der Waals surface area (Å²) in [6, 6.07) is 22.6. The van der Waals surface area contributed by atoms with Crippen molar-refractivity contribution in [3.05, 3.63) is 101 Å². The number of benzene rings is 2. The summed E-state index contributed by atoms with van der Waals surface area (Å²) in [6.07, 6.45) is 4.96. The Balaban J connectivity index is 1.65. The molecule has 1 aromatic heterocycles. The number of nitrogens with one attached hydrogen (secondary N) is 1. The van der Waals surface area contributed by atoms with Crippen molar-refractivity contribution in [3.63, 3.8) is 0 Å². The minimum atomic E-state index is -3.56. The van der Waals surface area contributed by atoms with E-state index in [1.807, 2.05) is 66.7 Å². The fourth-order valence-electron chi connectivity index (χ4n) is 2.54. The predicted molar refractivity (Wildman–Crippen MR) is 106 cm³/mol. The standard InChI is InChI=1S/C21H20N2O2S/c24-26(25,16-14-18-7-2-1-3-8-18)23-21-11-6-9-19(17-21)12-13-20-10-4-5-15-22-20/h1-11,14-17,23H,12-13H2. The molecule has 0 aliphatic rings. The summed E-state index contributed by atoms with van der Waals surface area (Å²) in [7, 11) is -3.56. The molecule has 1 heterocycles. The van der Waals surface area contributed by atoms with Gasteiger partial charge in [-0.15, -0.1) is 0 Å². The molecule has 26 heavy (non-hydrogen) atoms. The number of nitrogens with zero attached hydrogens (tertiary/aromatic N) is 1. The molecule has 0 unspecified atom stereocenters. The van der Waals surface area contributed by atoms with Crippen LogP contribution in [0.15, 0.2) is 84.4 Å². The predicted octanol–water partition coefficient (Wildman–Crippen LogP) is 4.28. The van der Waals surface area contributed by atoms with Gasteiger partial charge >= 0.3 is 0 Å². The van der Waals surface area contributed by atoms with Gasteiger partial charge in [-0.25, -0.2) is 8.42 Å². The van der Waals surface area contributed by atoms with Gasteiger partial charge < -0.3 is 0 Å². The first-order chi connectivity index (χ1) is 12.6. The van der Waals surface area contributed by atoms with Gasteiger partial charge in [-0.2, -0.15) is 0 Å². The highest BCUT2D eigenvalue weighted by atomic mass is 32.2.